The molecule has 1 rings (SSSR count). The van der Waals surface area contributed by atoms with Crippen molar-refractivity contribution in [1.82, 2.24) is 5.32 Å². The summed E-state index contributed by atoms with van der Waals surface area (Å²) in [4.78, 5) is 22.7. The predicted octanol–water partition coefficient (Wildman–Crippen LogP) is 1.70. The van der Waals surface area contributed by atoms with Crippen LogP contribution in [0.25, 0.3) is 0 Å². The molecule has 0 aliphatic carbocycles. The van der Waals surface area contributed by atoms with Crippen molar-refractivity contribution < 1.29 is 19.4 Å². The summed E-state index contributed by atoms with van der Waals surface area (Å²) < 4.78 is 5.37. The van der Waals surface area contributed by atoms with Gasteiger partial charge in [0.05, 0.1) is 0 Å². The second kappa shape index (κ2) is 8.47. The van der Waals surface area contributed by atoms with Gasteiger partial charge in [-0.1, -0.05) is 18.2 Å². The number of carbonyl (C=O) groups excluding carboxylic acids is 1. The summed E-state index contributed by atoms with van der Waals surface area (Å²) in [6, 6.07) is 6.48. The summed E-state index contributed by atoms with van der Waals surface area (Å²) in [6.07, 6.45) is 2.29. The molecule has 0 aromatic heterocycles. The fourth-order valence-corrected chi connectivity index (χ4v) is 2.06. The number of nitrogens with one attached hydrogen (secondary N) is 1. The van der Waals surface area contributed by atoms with E-state index in [4.69, 9.17) is 9.84 Å². The van der Waals surface area contributed by atoms with E-state index < -0.39 is 17.9 Å². The Bertz CT molecular complexity index is 464. The van der Waals surface area contributed by atoms with Crippen LogP contribution in [0.2, 0.25) is 0 Å². The van der Waals surface area contributed by atoms with Crippen LogP contribution >= 0.6 is 11.8 Å². The first-order chi connectivity index (χ1) is 9.54. The topological polar surface area (TPSA) is 75.6 Å². The van der Waals surface area contributed by atoms with Gasteiger partial charge in [0.15, 0.2) is 6.61 Å². The van der Waals surface area contributed by atoms with Crippen molar-refractivity contribution in [1.29, 1.82) is 0 Å². The third-order valence-corrected chi connectivity index (χ3v) is 3.34. The highest BCUT2D eigenvalue weighted by molar-refractivity contribution is 7.98. The van der Waals surface area contributed by atoms with Crippen LogP contribution in [0.1, 0.15) is 12.0 Å². The minimum absolute atomic E-state index is 0.187. The number of hydrogen-bond acceptors (Lipinski definition) is 4. The zero-order chi connectivity index (χ0) is 15.0. The summed E-state index contributed by atoms with van der Waals surface area (Å²) >= 11 is 1.54. The molecule has 0 fully saturated rings. The van der Waals surface area contributed by atoms with Gasteiger partial charge in [-0.15, -0.1) is 0 Å². The van der Waals surface area contributed by atoms with Crippen LogP contribution in [0.5, 0.6) is 5.75 Å². The Morgan fingerprint density at radius 2 is 2.10 bits per heavy atom. The average molecular weight is 297 g/mol. The first-order valence-corrected chi connectivity index (χ1v) is 7.63. The van der Waals surface area contributed by atoms with E-state index in [1.165, 1.54) is 0 Å². The lowest BCUT2D eigenvalue weighted by atomic mass is 10.2. The minimum atomic E-state index is -1.02. The maximum atomic E-state index is 11.7. The average Bonchev–Trinajstić information content (AvgIpc) is 2.42. The second-order valence-electron chi connectivity index (χ2n) is 4.29. The van der Waals surface area contributed by atoms with Gasteiger partial charge < -0.3 is 15.2 Å². The molecule has 0 heterocycles. The molecule has 0 bridgehead atoms. The van der Waals surface area contributed by atoms with Crippen molar-refractivity contribution in [2.24, 2.45) is 0 Å². The van der Waals surface area contributed by atoms with Crippen LogP contribution in [-0.2, 0) is 9.59 Å². The van der Waals surface area contributed by atoms with Gasteiger partial charge in [-0.2, -0.15) is 11.8 Å². The molecule has 0 radical (unpaired) electrons. The molecule has 5 nitrogen and oxygen atoms in total. The summed E-state index contributed by atoms with van der Waals surface area (Å²) in [5, 5.41) is 11.5. The van der Waals surface area contributed by atoms with E-state index in [0.29, 0.717) is 17.9 Å². The number of carbonyl (C=O) groups is 2. The molecule has 0 aliphatic rings. The van der Waals surface area contributed by atoms with E-state index in [1.807, 2.05) is 31.4 Å². The van der Waals surface area contributed by atoms with Crippen LogP contribution in [0.15, 0.2) is 24.3 Å². The van der Waals surface area contributed by atoms with Gasteiger partial charge in [0.2, 0.25) is 0 Å². The molecule has 1 aromatic rings. The maximum absolute atomic E-state index is 11.7. The molecule has 1 atom stereocenters. The number of thioether (sulfide) groups is 1. The first kappa shape index (κ1) is 16.4. The lowest BCUT2D eigenvalue weighted by Gasteiger charge is -2.14. The number of ether oxygens (including phenoxy) is 1. The highest BCUT2D eigenvalue weighted by Crippen LogP contribution is 2.15. The van der Waals surface area contributed by atoms with Crippen LogP contribution < -0.4 is 10.1 Å². The number of amides is 1. The number of hydrogen-bond donors (Lipinski definition) is 2. The Hall–Kier alpha value is -1.69. The van der Waals surface area contributed by atoms with Crippen molar-refractivity contribution >= 4 is 23.6 Å². The molecule has 1 aromatic carbocycles. The SMILES string of the molecule is CSCCC(NC(=O)COc1ccccc1C)C(=O)O. The Kier molecular flexibility index (Phi) is 6.93. The predicted molar refractivity (Wildman–Crippen MR) is 79.2 cm³/mol. The number of para-hydroxylation sites is 1. The van der Waals surface area contributed by atoms with Crippen molar-refractivity contribution in [2.75, 3.05) is 18.6 Å². The largest absolute Gasteiger partial charge is 0.484 e. The third-order valence-electron chi connectivity index (χ3n) is 2.70. The second-order valence-corrected chi connectivity index (χ2v) is 5.28. The number of carboxylic acid groups (broad SMARTS) is 1. The van der Waals surface area contributed by atoms with E-state index >= 15 is 0 Å². The summed E-state index contributed by atoms with van der Waals surface area (Å²) in [7, 11) is 0. The molecule has 110 valence electrons. The van der Waals surface area contributed by atoms with Gasteiger partial charge in [0, 0.05) is 0 Å². The van der Waals surface area contributed by atoms with Gasteiger partial charge in [0.25, 0.3) is 5.91 Å². The Morgan fingerprint density at radius 1 is 1.40 bits per heavy atom. The Labute approximate surface area is 122 Å². The smallest absolute Gasteiger partial charge is 0.326 e. The van der Waals surface area contributed by atoms with Crippen molar-refractivity contribution in [3.8, 4) is 5.75 Å². The van der Waals surface area contributed by atoms with Crippen LogP contribution in [0, 0.1) is 6.92 Å². The highest BCUT2D eigenvalue weighted by atomic mass is 32.2. The first-order valence-electron chi connectivity index (χ1n) is 6.24. The fraction of sp³-hybridized carbons (Fsp3) is 0.429. The van der Waals surface area contributed by atoms with Gasteiger partial charge in [-0.25, -0.2) is 4.79 Å². The highest BCUT2D eigenvalue weighted by Gasteiger charge is 2.19. The summed E-state index contributed by atoms with van der Waals surface area (Å²) in [5.41, 5.74) is 0.928. The molecule has 20 heavy (non-hydrogen) atoms. The number of rotatable bonds is 8. The number of aliphatic carboxylic acids is 1. The van der Waals surface area contributed by atoms with E-state index in [2.05, 4.69) is 5.32 Å². The van der Waals surface area contributed by atoms with Crippen molar-refractivity contribution in [2.45, 2.75) is 19.4 Å². The fourth-order valence-electron chi connectivity index (χ4n) is 1.59. The summed E-state index contributed by atoms with van der Waals surface area (Å²) in [6.45, 7) is 1.69. The minimum Gasteiger partial charge on any atom is -0.484 e. The lowest BCUT2D eigenvalue weighted by Crippen LogP contribution is -2.43. The molecule has 0 saturated carbocycles. The molecule has 1 unspecified atom stereocenters. The number of carboxylic acids is 1. The quantitative estimate of drug-likeness (QED) is 0.764. The molecule has 2 N–H and O–H groups in total. The van der Waals surface area contributed by atoms with E-state index in [9.17, 15) is 9.59 Å². The van der Waals surface area contributed by atoms with Crippen LogP contribution in [0.3, 0.4) is 0 Å². The zero-order valence-corrected chi connectivity index (χ0v) is 12.4. The van der Waals surface area contributed by atoms with Gasteiger partial charge in [-0.05, 0) is 37.0 Å². The van der Waals surface area contributed by atoms with Crippen LogP contribution in [-0.4, -0.2) is 41.6 Å². The van der Waals surface area contributed by atoms with E-state index in [-0.39, 0.29) is 6.61 Å². The lowest BCUT2D eigenvalue weighted by molar-refractivity contribution is -0.142. The monoisotopic (exact) mass is 297 g/mol. The molecule has 0 saturated heterocycles. The maximum Gasteiger partial charge on any atom is 0.326 e. The molecular formula is C14H19NO4S. The zero-order valence-electron chi connectivity index (χ0n) is 11.6. The van der Waals surface area contributed by atoms with Crippen molar-refractivity contribution in [3.05, 3.63) is 29.8 Å². The molecule has 1 amide bonds. The number of aryl methyl sites for hydroxylation is 1. The Morgan fingerprint density at radius 3 is 2.70 bits per heavy atom. The third kappa shape index (κ3) is 5.52. The summed E-state index contributed by atoms with van der Waals surface area (Å²) in [5.74, 6) is -0.153. The van der Waals surface area contributed by atoms with Crippen molar-refractivity contribution in [3.63, 3.8) is 0 Å². The molecule has 0 spiro atoms. The van der Waals surface area contributed by atoms with Gasteiger partial charge in [-0.3, -0.25) is 4.79 Å². The normalized spacial score (nSPS) is 11.7. The standard InChI is InChI=1S/C14H19NO4S/c1-10-5-3-4-6-12(10)19-9-13(16)15-11(14(17)18)7-8-20-2/h3-6,11H,7-9H2,1-2H3,(H,15,16)(H,17,18). The van der Waals surface area contributed by atoms with Crippen LogP contribution in [0.4, 0.5) is 0 Å². The Balaban J connectivity index is 2.46. The molecule has 0 aliphatic heterocycles. The van der Waals surface area contributed by atoms with Gasteiger partial charge >= 0.3 is 5.97 Å². The number of benzene rings is 1. The van der Waals surface area contributed by atoms with Gasteiger partial charge in [0.1, 0.15) is 11.8 Å². The molecule has 6 heteroatoms. The molecular weight excluding hydrogens is 278 g/mol. The van der Waals surface area contributed by atoms with E-state index in [0.717, 1.165) is 5.56 Å². The van der Waals surface area contributed by atoms with E-state index in [1.54, 1.807) is 17.8 Å².